The van der Waals surface area contributed by atoms with E-state index in [0.717, 1.165) is 106 Å². The lowest BCUT2D eigenvalue weighted by atomic mass is 9.93. The predicted octanol–water partition coefficient (Wildman–Crippen LogP) is 17.7. The number of benzene rings is 9. The molecule has 0 spiro atoms. The fourth-order valence-corrected chi connectivity index (χ4v) is 10.4. The van der Waals surface area contributed by atoms with E-state index in [1.165, 1.54) is 0 Å². The summed E-state index contributed by atoms with van der Waals surface area (Å²) in [5.74, 6) is 0. The first kappa shape index (κ1) is 44.2. The SMILES string of the molecule is Cc1cc(C)cc(-c2ccc3c(c2)c2ccccc2n3-c2ccc(C#N)cc2-c2ccc(-c3cc(C(F)(F)F)cc(C(F)(F)F)c3)cc2-n2c3ccccc3c3cc(-c4cc(C)cc(C)c4)ccc32)c1. The number of rotatable bonds is 6. The Balaban J connectivity index is 1.22. The molecule has 11 rings (SSSR count). The summed E-state index contributed by atoms with van der Waals surface area (Å²) in [4.78, 5) is 0. The van der Waals surface area contributed by atoms with Crippen LogP contribution < -0.4 is 0 Å². The van der Waals surface area contributed by atoms with Crippen molar-refractivity contribution < 1.29 is 26.3 Å². The standard InChI is InChI=1S/C61H41F6N3/c1-35-21-36(2)24-43(23-35)40-15-19-57-52(30-40)48-9-5-7-11-54(48)69(57)56-18-13-39(34-68)27-51(56)50-17-14-42(45-28-46(60(62,63)64)33-47(29-45)61(65,66)67)32-59(50)70-55-12-8-6-10-49(55)53-31-41(16-20-58(53)70)44-25-37(3)22-38(4)26-44/h5-33H,1-4H3. The second kappa shape index (κ2) is 16.4. The molecule has 3 nitrogen and oxygen atoms in total. The molecule has 0 N–H and O–H groups in total. The number of aromatic nitrogens is 2. The highest BCUT2D eigenvalue weighted by Gasteiger charge is 2.37. The van der Waals surface area contributed by atoms with Gasteiger partial charge in [0.25, 0.3) is 0 Å². The summed E-state index contributed by atoms with van der Waals surface area (Å²) in [5.41, 5.74) is 11.9. The molecule has 70 heavy (non-hydrogen) atoms. The molecule has 9 aromatic carbocycles. The van der Waals surface area contributed by atoms with E-state index in [2.05, 4.69) is 105 Å². The maximum Gasteiger partial charge on any atom is 0.416 e. The average molecular weight is 930 g/mol. The van der Waals surface area contributed by atoms with E-state index in [9.17, 15) is 31.6 Å². The van der Waals surface area contributed by atoms with Crippen molar-refractivity contribution in [1.82, 2.24) is 9.13 Å². The molecule has 0 aliphatic heterocycles. The van der Waals surface area contributed by atoms with Gasteiger partial charge in [0.2, 0.25) is 0 Å². The largest absolute Gasteiger partial charge is 0.416 e. The van der Waals surface area contributed by atoms with Crippen LogP contribution in [0, 0.1) is 39.0 Å². The highest BCUT2D eigenvalue weighted by Crippen LogP contribution is 2.45. The number of nitriles is 1. The molecule has 0 aliphatic carbocycles. The van der Waals surface area contributed by atoms with Crippen LogP contribution in [0.25, 0.3) is 99.5 Å². The van der Waals surface area contributed by atoms with Gasteiger partial charge in [-0.3, -0.25) is 0 Å². The minimum absolute atomic E-state index is 0.141. The van der Waals surface area contributed by atoms with Crippen LogP contribution in [0.4, 0.5) is 26.3 Å². The van der Waals surface area contributed by atoms with Crippen molar-refractivity contribution >= 4 is 43.6 Å². The molecule has 0 radical (unpaired) electrons. The van der Waals surface area contributed by atoms with E-state index in [1.54, 1.807) is 30.3 Å². The Labute approximate surface area is 399 Å². The highest BCUT2D eigenvalue weighted by atomic mass is 19.4. The topological polar surface area (TPSA) is 33.6 Å². The van der Waals surface area contributed by atoms with Gasteiger partial charge in [-0.25, -0.2) is 0 Å². The molecule has 9 heteroatoms. The van der Waals surface area contributed by atoms with E-state index in [1.807, 2.05) is 65.2 Å². The molecule has 0 bridgehead atoms. The van der Waals surface area contributed by atoms with E-state index < -0.39 is 23.5 Å². The molecule has 342 valence electrons. The molecule has 0 saturated carbocycles. The second-order valence-electron chi connectivity index (χ2n) is 18.3. The number of hydrogen-bond acceptors (Lipinski definition) is 1. The zero-order chi connectivity index (χ0) is 48.8. The van der Waals surface area contributed by atoms with Crippen molar-refractivity contribution in [3.8, 4) is 62.0 Å². The van der Waals surface area contributed by atoms with Crippen LogP contribution in [0.1, 0.15) is 38.9 Å². The van der Waals surface area contributed by atoms with Gasteiger partial charge in [-0.2, -0.15) is 31.6 Å². The van der Waals surface area contributed by atoms with Crippen LogP contribution >= 0.6 is 0 Å². The molecule has 2 heterocycles. The van der Waals surface area contributed by atoms with E-state index in [4.69, 9.17) is 0 Å². The Kier molecular flexibility index (Phi) is 10.4. The van der Waals surface area contributed by atoms with Crippen molar-refractivity contribution in [1.29, 1.82) is 5.26 Å². The molecule has 0 saturated heterocycles. The van der Waals surface area contributed by atoms with Gasteiger partial charge >= 0.3 is 12.4 Å². The van der Waals surface area contributed by atoms with Crippen LogP contribution in [-0.2, 0) is 12.4 Å². The van der Waals surface area contributed by atoms with E-state index in [-0.39, 0.29) is 17.2 Å². The van der Waals surface area contributed by atoms with Crippen LogP contribution in [0.3, 0.4) is 0 Å². The van der Waals surface area contributed by atoms with E-state index in [0.29, 0.717) is 22.4 Å². The number of nitrogens with zero attached hydrogens (tertiary/aromatic N) is 3. The third-order valence-electron chi connectivity index (χ3n) is 13.3. The fourth-order valence-electron chi connectivity index (χ4n) is 10.4. The number of para-hydroxylation sites is 2. The van der Waals surface area contributed by atoms with Crippen molar-refractivity contribution in [2.45, 2.75) is 40.0 Å². The summed E-state index contributed by atoms with van der Waals surface area (Å²) < 4.78 is 90.6. The highest BCUT2D eigenvalue weighted by molar-refractivity contribution is 6.13. The average Bonchev–Trinajstić information content (AvgIpc) is 3.84. The zero-order valence-electron chi connectivity index (χ0n) is 38.4. The lowest BCUT2D eigenvalue weighted by Crippen LogP contribution is -2.11. The van der Waals surface area contributed by atoms with Gasteiger partial charge < -0.3 is 9.13 Å². The third kappa shape index (κ3) is 7.66. The lowest BCUT2D eigenvalue weighted by molar-refractivity contribution is -0.143. The maximum atomic E-state index is 14.4. The Morgan fingerprint density at radius 2 is 0.786 bits per heavy atom. The quantitative estimate of drug-likeness (QED) is 0.153. The predicted molar refractivity (Wildman–Crippen MR) is 271 cm³/mol. The van der Waals surface area contributed by atoms with Gasteiger partial charge in [-0.05, 0) is 140 Å². The molecule has 0 atom stereocenters. The Morgan fingerprint density at radius 3 is 1.27 bits per heavy atom. The van der Waals surface area contributed by atoms with Crippen LogP contribution in [0.5, 0.6) is 0 Å². The summed E-state index contributed by atoms with van der Waals surface area (Å²) in [6.45, 7) is 8.26. The summed E-state index contributed by atoms with van der Waals surface area (Å²) in [6.07, 6.45) is -10.1. The molecule has 0 fully saturated rings. The Bertz CT molecular complexity index is 3920. The second-order valence-corrected chi connectivity index (χ2v) is 18.3. The minimum Gasteiger partial charge on any atom is -0.309 e. The van der Waals surface area contributed by atoms with Crippen molar-refractivity contribution in [3.63, 3.8) is 0 Å². The Hall–Kier alpha value is -8.35. The molecule has 0 amide bonds. The monoisotopic (exact) mass is 929 g/mol. The third-order valence-corrected chi connectivity index (χ3v) is 13.3. The minimum atomic E-state index is -5.05. The van der Waals surface area contributed by atoms with Gasteiger partial charge in [0, 0.05) is 32.7 Å². The molecule has 0 aliphatic rings. The smallest absolute Gasteiger partial charge is 0.309 e. The van der Waals surface area contributed by atoms with Gasteiger partial charge in [-0.15, -0.1) is 0 Å². The first-order valence-electron chi connectivity index (χ1n) is 22.8. The van der Waals surface area contributed by atoms with Crippen LogP contribution in [-0.4, -0.2) is 9.13 Å². The number of aryl methyl sites for hydroxylation is 4. The molecule has 0 unspecified atom stereocenters. The summed E-state index contributed by atoms with van der Waals surface area (Å²) in [5, 5.41) is 14.3. The number of fused-ring (bicyclic) bond motifs is 6. The maximum absolute atomic E-state index is 14.4. The first-order valence-corrected chi connectivity index (χ1v) is 22.8. The van der Waals surface area contributed by atoms with Gasteiger partial charge in [0.15, 0.2) is 0 Å². The fraction of sp³-hybridized carbons (Fsp3) is 0.0984. The molecule has 11 aromatic rings. The number of halogens is 6. The van der Waals surface area contributed by atoms with Crippen molar-refractivity contribution in [2.24, 2.45) is 0 Å². The number of alkyl halides is 6. The van der Waals surface area contributed by atoms with Crippen LogP contribution in [0.2, 0.25) is 0 Å². The number of hydrogen-bond donors (Lipinski definition) is 0. The normalized spacial score (nSPS) is 12.1. The zero-order valence-corrected chi connectivity index (χ0v) is 38.4. The first-order chi connectivity index (χ1) is 33.5. The molecular weight excluding hydrogens is 889 g/mol. The van der Waals surface area contributed by atoms with Gasteiger partial charge in [-0.1, -0.05) is 119 Å². The summed E-state index contributed by atoms with van der Waals surface area (Å²) in [6, 6.07) is 55.7. The van der Waals surface area contributed by atoms with Crippen molar-refractivity contribution in [3.05, 3.63) is 215 Å². The lowest BCUT2D eigenvalue weighted by Gasteiger charge is -2.21. The van der Waals surface area contributed by atoms with E-state index >= 15 is 0 Å². The molecular formula is C61H41F6N3. The molecule has 2 aromatic heterocycles. The Morgan fingerprint density at radius 1 is 0.357 bits per heavy atom. The van der Waals surface area contributed by atoms with Crippen molar-refractivity contribution in [2.75, 3.05) is 0 Å². The summed E-state index contributed by atoms with van der Waals surface area (Å²) >= 11 is 0. The van der Waals surface area contributed by atoms with Gasteiger partial charge in [0.05, 0.1) is 56.2 Å². The summed E-state index contributed by atoms with van der Waals surface area (Å²) in [7, 11) is 0. The van der Waals surface area contributed by atoms with Gasteiger partial charge in [0.1, 0.15) is 0 Å². The van der Waals surface area contributed by atoms with Crippen LogP contribution in [0.15, 0.2) is 176 Å².